The number of pyridine rings is 1. The minimum absolute atomic E-state index is 0.0157. The van der Waals surface area contributed by atoms with Gasteiger partial charge in [-0.15, -0.1) is 0 Å². The number of rotatable bonds is 5. The average molecular weight is 433 g/mol. The van der Waals surface area contributed by atoms with Crippen molar-refractivity contribution >= 4 is 23.0 Å². The van der Waals surface area contributed by atoms with E-state index < -0.39 is 0 Å². The zero-order valence-corrected chi connectivity index (χ0v) is 18.6. The molecule has 0 bridgehead atoms. The van der Waals surface area contributed by atoms with Gasteiger partial charge in [0, 0.05) is 30.3 Å². The fraction of sp³-hybridized carbons (Fsp3) is 0.360. The van der Waals surface area contributed by atoms with Crippen molar-refractivity contribution < 1.29 is 4.74 Å². The molecule has 1 aliphatic heterocycles. The molecule has 3 aromatic rings. The van der Waals surface area contributed by atoms with E-state index in [1.165, 1.54) is 37.7 Å². The summed E-state index contributed by atoms with van der Waals surface area (Å²) in [7, 11) is 1.69. The number of hydrogen-bond donors (Lipinski definition) is 1. The van der Waals surface area contributed by atoms with Crippen molar-refractivity contribution in [3.05, 3.63) is 78.4 Å². The zero-order chi connectivity index (χ0) is 21.2. The highest BCUT2D eigenvalue weighted by atomic mass is 32.1. The van der Waals surface area contributed by atoms with Crippen LogP contribution >= 0.6 is 12.2 Å². The van der Waals surface area contributed by atoms with Crippen LogP contribution in [0.2, 0.25) is 0 Å². The van der Waals surface area contributed by atoms with Crippen molar-refractivity contribution in [1.29, 1.82) is 0 Å². The molecule has 1 saturated carbocycles. The zero-order valence-electron chi connectivity index (χ0n) is 17.8. The first kappa shape index (κ1) is 20.1. The fourth-order valence-corrected chi connectivity index (χ4v) is 5.27. The summed E-state index contributed by atoms with van der Waals surface area (Å²) in [6.07, 6.45) is 12.9. The van der Waals surface area contributed by atoms with Gasteiger partial charge in [0.1, 0.15) is 5.75 Å². The summed E-state index contributed by atoms with van der Waals surface area (Å²) in [5, 5.41) is 4.26. The molecule has 160 valence electrons. The number of thiocarbonyl (C=S) groups is 1. The predicted octanol–water partition coefficient (Wildman–Crippen LogP) is 5.57. The molecule has 5 rings (SSSR count). The third-order valence-corrected chi connectivity index (χ3v) is 6.84. The molecule has 1 N–H and O–H groups in total. The summed E-state index contributed by atoms with van der Waals surface area (Å²) >= 11 is 5.82. The maximum atomic E-state index is 5.82. The van der Waals surface area contributed by atoms with Gasteiger partial charge in [-0.05, 0) is 73.1 Å². The van der Waals surface area contributed by atoms with Gasteiger partial charge in [0.15, 0.2) is 5.11 Å². The van der Waals surface area contributed by atoms with E-state index in [0.29, 0.717) is 6.04 Å². The van der Waals surface area contributed by atoms with Crippen molar-refractivity contribution in [3.63, 3.8) is 0 Å². The molecule has 0 amide bonds. The lowest BCUT2D eigenvalue weighted by atomic mass is 9.95. The first-order chi connectivity index (χ1) is 15.2. The highest BCUT2D eigenvalue weighted by Crippen LogP contribution is 2.42. The summed E-state index contributed by atoms with van der Waals surface area (Å²) in [6, 6.07) is 17.0. The highest BCUT2D eigenvalue weighted by molar-refractivity contribution is 7.80. The molecule has 1 aromatic carbocycles. The van der Waals surface area contributed by atoms with E-state index in [-0.39, 0.29) is 12.1 Å². The summed E-state index contributed by atoms with van der Waals surface area (Å²) in [5.74, 6) is 0.836. The SMILES string of the molecule is COc1ccc(N2C(=S)N[C@@H](c3ccccn3)[C@H]2c2ccn(C3CCCCC3)c2)cc1. The Morgan fingerprint density at radius 3 is 2.55 bits per heavy atom. The molecule has 0 unspecified atom stereocenters. The molecule has 0 radical (unpaired) electrons. The van der Waals surface area contributed by atoms with Gasteiger partial charge in [-0.3, -0.25) is 4.98 Å². The van der Waals surface area contributed by atoms with Gasteiger partial charge >= 0.3 is 0 Å². The minimum Gasteiger partial charge on any atom is -0.497 e. The quantitative estimate of drug-likeness (QED) is 0.534. The Balaban J connectivity index is 1.53. The van der Waals surface area contributed by atoms with Gasteiger partial charge in [-0.2, -0.15) is 0 Å². The van der Waals surface area contributed by atoms with Gasteiger partial charge in [0.05, 0.1) is 24.9 Å². The van der Waals surface area contributed by atoms with E-state index in [1.807, 2.05) is 30.5 Å². The lowest BCUT2D eigenvalue weighted by molar-refractivity contribution is 0.353. The maximum absolute atomic E-state index is 5.82. The number of aromatic nitrogens is 2. The molecule has 1 aliphatic carbocycles. The molecule has 2 atom stereocenters. The van der Waals surface area contributed by atoms with Crippen molar-refractivity contribution in [1.82, 2.24) is 14.9 Å². The van der Waals surface area contributed by atoms with E-state index in [4.69, 9.17) is 17.0 Å². The van der Waals surface area contributed by atoms with Gasteiger partial charge < -0.3 is 19.5 Å². The molecule has 2 aromatic heterocycles. The smallest absolute Gasteiger partial charge is 0.174 e. The Kier molecular flexibility index (Phi) is 5.64. The van der Waals surface area contributed by atoms with Crippen LogP contribution in [0.25, 0.3) is 0 Å². The molecular weight excluding hydrogens is 404 g/mol. The summed E-state index contributed by atoms with van der Waals surface area (Å²) in [6.45, 7) is 0. The van der Waals surface area contributed by atoms with Crippen molar-refractivity contribution in [2.24, 2.45) is 0 Å². The Bertz CT molecular complexity index is 1030. The Labute approximate surface area is 189 Å². The first-order valence-corrected chi connectivity index (χ1v) is 11.5. The maximum Gasteiger partial charge on any atom is 0.174 e. The van der Waals surface area contributed by atoms with Crippen LogP contribution in [0.4, 0.5) is 5.69 Å². The molecule has 6 heteroatoms. The van der Waals surface area contributed by atoms with Crippen LogP contribution in [0.15, 0.2) is 67.1 Å². The molecule has 1 saturated heterocycles. The van der Waals surface area contributed by atoms with Crippen LogP contribution in [-0.4, -0.2) is 21.8 Å². The largest absolute Gasteiger partial charge is 0.497 e. The van der Waals surface area contributed by atoms with E-state index in [9.17, 15) is 0 Å². The molecule has 2 aliphatic rings. The normalized spacial score (nSPS) is 21.8. The average Bonchev–Trinajstić information content (AvgIpc) is 3.45. The number of benzene rings is 1. The summed E-state index contributed by atoms with van der Waals surface area (Å²) in [4.78, 5) is 6.86. The van der Waals surface area contributed by atoms with E-state index in [1.54, 1.807) is 7.11 Å². The second kappa shape index (κ2) is 8.71. The highest BCUT2D eigenvalue weighted by Gasteiger charge is 2.41. The third kappa shape index (κ3) is 3.92. The van der Waals surface area contributed by atoms with Crippen molar-refractivity contribution in [2.45, 2.75) is 50.2 Å². The molecule has 2 fully saturated rings. The Morgan fingerprint density at radius 2 is 1.84 bits per heavy atom. The standard InChI is InChI=1S/C25H28N4OS/c1-30-21-12-10-20(11-13-21)29-24(23(27-25(29)31)22-9-5-6-15-26-22)18-14-16-28(17-18)19-7-3-2-4-8-19/h5-6,9-17,19,23-24H,2-4,7-8H2,1H3,(H,27,31)/t23-,24+/m0/s1. The van der Waals surface area contributed by atoms with Gasteiger partial charge in [-0.25, -0.2) is 0 Å². The van der Waals surface area contributed by atoms with E-state index in [2.05, 4.69) is 56.4 Å². The summed E-state index contributed by atoms with van der Waals surface area (Å²) < 4.78 is 7.76. The lowest BCUT2D eigenvalue weighted by Gasteiger charge is -2.28. The molecule has 31 heavy (non-hydrogen) atoms. The molecular formula is C25H28N4OS. The summed E-state index contributed by atoms with van der Waals surface area (Å²) in [5.41, 5.74) is 3.30. The van der Waals surface area contributed by atoms with Crippen LogP contribution < -0.4 is 15.0 Å². The second-order valence-corrected chi connectivity index (χ2v) is 8.77. The number of anilines is 1. The van der Waals surface area contributed by atoms with Crippen molar-refractivity contribution in [2.75, 3.05) is 12.0 Å². The monoisotopic (exact) mass is 432 g/mol. The van der Waals surface area contributed by atoms with E-state index >= 15 is 0 Å². The fourth-order valence-electron chi connectivity index (χ4n) is 4.93. The van der Waals surface area contributed by atoms with Gasteiger partial charge in [-0.1, -0.05) is 25.3 Å². The van der Waals surface area contributed by atoms with Gasteiger partial charge in [0.2, 0.25) is 0 Å². The molecule has 0 spiro atoms. The second-order valence-electron chi connectivity index (χ2n) is 8.38. The number of nitrogens with zero attached hydrogens (tertiary/aromatic N) is 3. The predicted molar refractivity (Wildman–Crippen MR) is 127 cm³/mol. The Hall–Kier alpha value is -2.86. The minimum atomic E-state index is -0.0157. The number of hydrogen-bond acceptors (Lipinski definition) is 3. The lowest BCUT2D eigenvalue weighted by Crippen LogP contribution is -2.29. The van der Waals surface area contributed by atoms with Crippen LogP contribution in [0.5, 0.6) is 5.75 Å². The van der Waals surface area contributed by atoms with Crippen LogP contribution in [0.1, 0.15) is 61.5 Å². The van der Waals surface area contributed by atoms with Crippen LogP contribution in [0.3, 0.4) is 0 Å². The number of methoxy groups -OCH3 is 1. The molecule has 5 nitrogen and oxygen atoms in total. The van der Waals surface area contributed by atoms with Gasteiger partial charge in [0.25, 0.3) is 0 Å². The number of nitrogens with one attached hydrogen (secondary N) is 1. The Morgan fingerprint density at radius 1 is 1.03 bits per heavy atom. The molecule has 3 heterocycles. The van der Waals surface area contributed by atoms with Crippen molar-refractivity contribution in [3.8, 4) is 5.75 Å². The first-order valence-electron chi connectivity index (χ1n) is 11.1. The number of ether oxygens (including phenoxy) is 1. The third-order valence-electron chi connectivity index (χ3n) is 6.52. The topological polar surface area (TPSA) is 42.3 Å². The van der Waals surface area contributed by atoms with Crippen LogP contribution in [0, 0.1) is 0 Å². The van der Waals surface area contributed by atoms with Crippen LogP contribution in [-0.2, 0) is 0 Å². The van der Waals surface area contributed by atoms with E-state index in [0.717, 1.165) is 22.2 Å².